The predicted octanol–water partition coefficient (Wildman–Crippen LogP) is 1.77. The van der Waals surface area contributed by atoms with Gasteiger partial charge in [0.1, 0.15) is 11.5 Å². The number of thiazole rings is 1. The molecule has 0 atom stereocenters. The highest BCUT2D eigenvalue weighted by atomic mass is 32.1. The van der Waals surface area contributed by atoms with Gasteiger partial charge in [-0.15, -0.1) is 21.5 Å². The highest BCUT2D eigenvalue weighted by molar-refractivity contribution is 7.14. The first-order chi connectivity index (χ1) is 20.1. The Morgan fingerprint density at radius 1 is 1.17 bits per heavy atom. The minimum absolute atomic E-state index is 0.0642. The van der Waals surface area contributed by atoms with Crippen molar-refractivity contribution in [3.63, 3.8) is 0 Å². The average molecular weight is 592 g/mol. The Labute approximate surface area is 245 Å². The lowest BCUT2D eigenvalue weighted by atomic mass is 9.93. The van der Waals surface area contributed by atoms with E-state index in [1.807, 2.05) is 10.3 Å². The van der Waals surface area contributed by atoms with Crippen molar-refractivity contribution in [2.24, 2.45) is 5.73 Å². The third-order valence-electron chi connectivity index (χ3n) is 6.89. The second-order valence-electron chi connectivity index (χ2n) is 10.9. The summed E-state index contributed by atoms with van der Waals surface area (Å²) in [5.74, 6) is 0.467. The van der Waals surface area contributed by atoms with Crippen LogP contribution in [0.2, 0.25) is 0 Å². The topological polar surface area (TPSA) is 180 Å². The SMILES string of the molecule is CC(C)(C)c1csc(NC(=O)c2ccn3c(=O)c(C=Cc4nn[nH]n4)c(N4CCN(C(=O)CCCN)CC4)nc3c2)n1. The van der Waals surface area contributed by atoms with Crippen LogP contribution in [0.4, 0.5) is 10.9 Å². The smallest absolute Gasteiger partial charge is 0.267 e. The number of aromatic amines is 1. The van der Waals surface area contributed by atoms with Gasteiger partial charge in [-0.25, -0.2) is 9.97 Å². The van der Waals surface area contributed by atoms with Gasteiger partial charge < -0.3 is 15.5 Å². The molecule has 0 unspecified atom stereocenters. The number of pyridine rings is 1. The number of nitrogens with two attached hydrogens (primary N) is 1. The van der Waals surface area contributed by atoms with E-state index in [0.29, 0.717) is 79.1 Å². The van der Waals surface area contributed by atoms with Crippen LogP contribution in [0.25, 0.3) is 17.8 Å². The molecule has 4 aromatic heterocycles. The highest BCUT2D eigenvalue weighted by Gasteiger charge is 2.25. The molecule has 42 heavy (non-hydrogen) atoms. The summed E-state index contributed by atoms with van der Waals surface area (Å²) in [7, 11) is 0. The molecule has 5 heterocycles. The van der Waals surface area contributed by atoms with E-state index in [0.717, 1.165) is 5.69 Å². The van der Waals surface area contributed by atoms with E-state index in [2.05, 4.69) is 51.7 Å². The van der Waals surface area contributed by atoms with Crippen molar-refractivity contribution in [2.45, 2.75) is 39.0 Å². The van der Waals surface area contributed by atoms with Gasteiger partial charge in [0.05, 0.1) is 11.3 Å². The molecule has 5 rings (SSSR count). The van der Waals surface area contributed by atoms with Crippen molar-refractivity contribution in [3.8, 4) is 0 Å². The van der Waals surface area contributed by atoms with Crippen LogP contribution in [0.15, 0.2) is 28.5 Å². The van der Waals surface area contributed by atoms with Crippen molar-refractivity contribution in [1.29, 1.82) is 0 Å². The Morgan fingerprint density at radius 2 is 1.95 bits per heavy atom. The molecule has 1 aliphatic rings. The number of amides is 2. The van der Waals surface area contributed by atoms with E-state index in [9.17, 15) is 14.4 Å². The van der Waals surface area contributed by atoms with Crippen LogP contribution in [-0.2, 0) is 10.2 Å². The molecule has 0 saturated carbocycles. The first kappa shape index (κ1) is 29.0. The molecule has 4 aromatic rings. The minimum Gasteiger partial charge on any atom is -0.352 e. The van der Waals surface area contributed by atoms with Crippen molar-refractivity contribution < 1.29 is 9.59 Å². The summed E-state index contributed by atoms with van der Waals surface area (Å²) in [6.07, 6.45) is 5.77. The monoisotopic (exact) mass is 591 g/mol. The Morgan fingerprint density at radius 3 is 2.62 bits per heavy atom. The molecular formula is C27H33N11O3S. The number of anilines is 2. The van der Waals surface area contributed by atoms with Gasteiger partial charge in [0, 0.05) is 55.2 Å². The summed E-state index contributed by atoms with van der Waals surface area (Å²) >= 11 is 1.36. The van der Waals surface area contributed by atoms with E-state index >= 15 is 0 Å². The van der Waals surface area contributed by atoms with E-state index < -0.39 is 0 Å². The number of nitrogens with zero attached hydrogens (tertiary/aromatic N) is 8. The van der Waals surface area contributed by atoms with E-state index in [-0.39, 0.29) is 22.8 Å². The van der Waals surface area contributed by atoms with Gasteiger partial charge in [0.15, 0.2) is 11.0 Å². The molecule has 4 N–H and O–H groups in total. The maximum atomic E-state index is 13.7. The molecule has 0 spiro atoms. The van der Waals surface area contributed by atoms with Gasteiger partial charge in [-0.3, -0.25) is 24.1 Å². The number of nitrogens with one attached hydrogen (secondary N) is 2. The van der Waals surface area contributed by atoms with Crippen LogP contribution >= 0.6 is 11.3 Å². The first-order valence-corrected chi connectivity index (χ1v) is 14.5. The zero-order chi connectivity index (χ0) is 29.9. The second kappa shape index (κ2) is 12.2. The molecule has 0 aromatic carbocycles. The van der Waals surface area contributed by atoms with Crippen LogP contribution < -0.4 is 21.5 Å². The number of hydrogen-bond donors (Lipinski definition) is 3. The van der Waals surface area contributed by atoms with Crippen molar-refractivity contribution in [3.05, 3.63) is 56.7 Å². The average Bonchev–Trinajstić information content (AvgIpc) is 3.68. The van der Waals surface area contributed by atoms with Gasteiger partial charge >= 0.3 is 0 Å². The van der Waals surface area contributed by atoms with Gasteiger partial charge in [0.2, 0.25) is 5.91 Å². The quantitative estimate of drug-likeness (QED) is 0.273. The summed E-state index contributed by atoms with van der Waals surface area (Å²) in [4.78, 5) is 52.5. The van der Waals surface area contributed by atoms with Gasteiger partial charge in [-0.1, -0.05) is 20.8 Å². The fraction of sp³-hybridized carbons (Fsp3) is 0.407. The lowest BCUT2D eigenvalue weighted by Gasteiger charge is -2.36. The van der Waals surface area contributed by atoms with Crippen LogP contribution in [0.5, 0.6) is 0 Å². The van der Waals surface area contributed by atoms with Crippen LogP contribution in [0.1, 0.15) is 61.1 Å². The Hall–Kier alpha value is -4.50. The molecule has 0 bridgehead atoms. The number of carbonyl (C=O) groups excluding carboxylic acids is 2. The van der Waals surface area contributed by atoms with Crippen LogP contribution in [-0.4, -0.2) is 84.4 Å². The lowest BCUT2D eigenvalue weighted by Crippen LogP contribution is -2.49. The molecule has 14 nitrogen and oxygen atoms in total. The summed E-state index contributed by atoms with van der Waals surface area (Å²) in [6, 6.07) is 3.15. The van der Waals surface area contributed by atoms with Gasteiger partial charge in [0.25, 0.3) is 11.5 Å². The number of rotatable bonds is 8. The zero-order valence-electron chi connectivity index (χ0n) is 23.7. The normalized spacial score (nSPS) is 14.2. The second-order valence-corrected chi connectivity index (χ2v) is 11.8. The predicted molar refractivity (Wildman–Crippen MR) is 160 cm³/mol. The molecule has 1 saturated heterocycles. The lowest BCUT2D eigenvalue weighted by molar-refractivity contribution is -0.131. The maximum absolute atomic E-state index is 13.7. The van der Waals surface area contributed by atoms with Crippen LogP contribution in [0, 0.1) is 0 Å². The van der Waals surface area contributed by atoms with Crippen molar-refractivity contribution >= 4 is 51.9 Å². The van der Waals surface area contributed by atoms with E-state index in [1.165, 1.54) is 21.9 Å². The molecule has 1 aliphatic heterocycles. The number of H-pyrrole nitrogens is 1. The largest absolute Gasteiger partial charge is 0.352 e. The summed E-state index contributed by atoms with van der Waals surface area (Å²) < 4.78 is 1.39. The maximum Gasteiger partial charge on any atom is 0.267 e. The molecule has 15 heteroatoms. The Kier molecular flexibility index (Phi) is 8.40. The third kappa shape index (κ3) is 6.36. The number of carbonyl (C=O) groups is 2. The molecular weight excluding hydrogens is 558 g/mol. The number of hydrogen-bond acceptors (Lipinski definition) is 11. The third-order valence-corrected chi connectivity index (χ3v) is 7.65. The number of tetrazole rings is 1. The summed E-state index contributed by atoms with van der Waals surface area (Å²) in [6.45, 7) is 8.60. The number of fused-ring (bicyclic) bond motifs is 1. The highest BCUT2D eigenvalue weighted by Crippen LogP contribution is 2.27. The van der Waals surface area contributed by atoms with E-state index in [4.69, 9.17) is 10.7 Å². The molecule has 0 aliphatic carbocycles. The number of piperazine rings is 1. The van der Waals surface area contributed by atoms with Crippen molar-refractivity contribution in [1.82, 2.24) is 39.9 Å². The molecule has 220 valence electrons. The van der Waals surface area contributed by atoms with Crippen molar-refractivity contribution in [2.75, 3.05) is 42.9 Å². The fourth-order valence-corrected chi connectivity index (χ4v) is 5.42. The molecule has 0 radical (unpaired) electrons. The Balaban J connectivity index is 1.46. The zero-order valence-corrected chi connectivity index (χ0v) is 24.5. The summed E-state index contributed by atoms with van der Waals surface area (Å²) in [5, 5.41) is 19.1. The molecule has 1 fully saturated rings. The van der Waals surface area contributed by atoms with Crippen LogP contribution in [0.3, 0.4) is 0 Å². The molecule has 2 amide bonds. The van der Waals surface area contributed by atoms with Gasteiger partial charge in [-0.05, 0) is 42.5 Å². The minimum atomic E-state index is -0.353. The fourth-order valence-electron chi connectivity index (χ4n) is 4.49. The number of aromatic nitrogens is 7. The van der Waals surface area contributed by atoms with E-state index in [1.54, 1.807) is 29.2 Å². The first-order valence-electron chi connectivity index (χ1n) is 13.6. The Bertz CT molecular complexity index is 1660. The standard InChI is InChI=1S/C27H33N11O3S/c1-27(2,3)19-16-42-26(29-19)31-24(40)17-8-10-38-21(15-17)30-23(18(25(38)41)6-7-20-32-34-35-33-20)37-13-11-36(12-14-37)22(39)5-4-9-28/h6-8,10,15-16H,4-5,9,11-14,28H2,1-3H3,(H,29,31,40)(H,32,33,34,35). The van der Waals surface area contributed by atoms with Gasteiger partial charge in [-0.2, -0.15) is 5.21 Å². The summed E-state index contributed by atoms with van der Waals surface area (Å²) in [5.41, 5.74) is 6.98.